The quantitative estimate of drug-likeness (QED) is 0.648. The Kier molecular flexibility index (Phi) is 2.84. The van der Waals surface area contributed by atoms with Gasteiger partial charge in [-0.2, -0.15) is 0 Å². The van der Waals surface area contributed by atoms with Crippen molar-refractivity contribution in [1.82, 2.24) is 0 Å². The SMILES string of the molecule is O=C1Nc2ccccc2/C1=C/C(=O)c1cccc(O)c1. The second-order valence-corrected chi connectivity index (χ2v) is 4.47. The van der Waals surface area contributed by atoms with Crippen molar-refractivity contribution in [1.29, 1.82) is 0 Å². The second kappa shape index (κ2) is 4.66. The fourth-order valence-electron chi connectivity index (χ4n) is 2.16. The number of hydrogen-bond acceptors (Lipinski definition) is 3. The Hall–Kier alpha value is -2.88. The summed E-state index contributed by atoms with van der Waals surface area (Å²) in [6.45, 7) is 0. The van der Waals surface area contributed by atoms with Gasteiger partial charge in [-0.25, -0.2) is 0 Å². The molecule has 0 aromatic heterocycles. The van der Waals surface area contributed by atoms with E-state index in [4.69, 9.17) is 0 Å². The Balaban J connectivity index is 2.01. The summed E-state index contributed by atoms with van der Waals surface area (Å²) >= 11 is 0. The van der Waals surface area contributed by atoms with Crippen LogP contribution in [0.15, 0.2) is 54.6 Å². The van der Waals surface area contributed by atoms with E-state index in [-0.39, 0.29) is 17.4 Å². The predicted molar refractivity (Wildman–Crippen MR) is 75.5 cm³/mol. The number of phenolic OH excluding ortho intramolecular Hbond substituents is 1. The van der Waals surface area contributed by atoms with E-state index in [1.807, 2.05) is 12.1 Å². The molecular weight excluding hydrogens is 254 g/mol. The Bertz CT molecular complexity index is 747. The molecule has 1 aliphatic rings. The summed E-state index contributed by atoms with van der Waals surface area (Å²) in [6, 6.07) is 13.2. The molecule has 0 radical (unpaired) electrons. The minimum atomic E-state index is -0.317. The number of benzene rings is 2. The van der Waals surface area contributed by atoms with Crippen molar-refractivity contribution in [3.8, 4) is 5.75 Å². The smallest absolute Gasteiger partial charge is 0.256 e. The first-order valence-corrected chi connectivity index (χ1v) is 6.11. The maximum Gasteiger partial charge on any atom is 0.256 e. The summed E-state index contributed by atoms with van der Waals surface area (Å²) in [7, 11) is 0. The molecule has 0 fully saturated rings. The number of carbonyl (C=O) groups excluding carboxylic acids is 2. The number of ketones is 1. The van der Waals surface area contributed by atoms with Gasteiger partial charge in [0.05, 0.1) is 5.57 Å². The molecule has 3 rings (SSSR count). The van der Waals surface area contributed by atoms with E-state index in [0.29, 0.717) is 22.4 Å². The summed E-state index contributed by atoms with van der Waals surface area (Å²) in [5.41, 5.74) is 2.10. The van der Waals surface area contributed by atoms with Crippen molar-refractivity contribution < 1.29 is 14.7 Å². The lowest BCUT2D eigenvalue weighted by molar-refractivity contribution is -0.110. The molecule has 2 aromatic carbocycles. The first-order valence-electron chi connectivity index (χ1n) is 6.11. The van der Waals surface area contributed by atoms with Crippen LogP contribution in [0, 0.1) is 0 Å². The van der Waals surface area contributed by atoms with Crippen molar-refractivity contribution in [3.05, 3.63) is 65.7 Å². The highest BCUT2D eigenvalue weighted by Gasteiger charge is 2.24. The number of para-hydroxylation sites is 1. The fourth-order valence-corrected chi connectivity index (χ4v) is 2.16. The van der Waals surface area contributed by atoms with E-state index in [9.17, 15) is 14.7 Å². The molecule has 0 saturated carbocycles. The second-order valence-electron chi connectivity index (χ2n) is 4.47. The van der Waals surface area contributed by atoms with Gasteiger partial charge in [-0.15, -0.1) is 0 Å². The van der Waals surface area contributed by atoms with Crippen LogP contribution in [0.4, 0.5) is 5.69 Å². The van der Waals surface area contributed by atoms with Crippen LogP contribution in [0.3, 0.4) is 0 Å². The zero-order chi connectivity index (χ0) is 14.1. The predicted octanol–water partition coefficient (Wildman–Crippen LogP) is 2.61. The Morgan fingerprint density at radius 2 is 1.90 bits per heavy atom. The van der Waals surface area contributed by atoms with Gasteiger partial charge in [0.15, 0.2) is 5.78 Å². The molecule has 2 aromatic rings. The van der Waals surface area contributed by atoms with Gasteiger partial charge in [-0.3, -0.25) is 9.59 Å². The van der Waals surface area contributed by atoms with E-state index in [2.05, 4.69) is 5.32 Å². The first kappa shape index (κ1) is 12.2. The average molecular weight is 265 g/mol. The van der Waals surface area contributed by atoms with Crippen LogP contribution in [0.2, 0.25) is 0 Å². The van der Waals surface area contributed by atoms with Gasteiger partial charge in [0.25, 0.3) is 5.91 Å². The van der Waals surface area contributed by atoms with Crippen LogP contribution in [-0.4, -0.2) is 16.8 Å². The molecule has 0 unspecified atom stereocenters. The normalized spacial score (nSPS) is 15.0. The average Bonchev–Trinajstić information content (AvgIpc) is 2.75. The molecule has 0 aliphatic carbocycles. The number of phenols is 1. The topological polar surface area (TPSA) is 66.4 Å². The van der Waals surface area contributed by atoms with E-state index in [1.54, 1.807) is 24.3 Å². The van der Waals surface area contributed by atoms with Crippen LogP contribution >= 0.6 is 0 Å². The molecule has 4 nitrogen and oxygen atoms in total. The molecule has 0 atom stereocenters. The van der Waals surface area contributed by atoms with Crippen LogP contribution in [0.1, 0.15) is 15.9 Å². The van der Waals surface area contributed by atoms with Gasteiger partial charge in [-0.1, -0.05) is 30.3 Å². The molecule has 2 N–H and O–H groups in total. The standard InChI is InChI=1S/C16H11NO3/c18-11-5-3-4-10(8-11)15(19)9-13-12-6-1-2-7-14(12)17-16(13)20/h1-9,18H,(H,17,20)/b13-9-. The molecule has 20 heavy (non-hydrogen) atoms. The molecular formula is C16H11NO3. The highest BCUT2D eigenvalue weighted by atomic mass is 16.3. The Labute approximate surface area is 115 Å². The molecule has 0 bridgehead atoms. The molecule has 1 heterocycles. The Morgan fingerprint density at radius 3 is 2.70 bits per heavy atom. The number of aromatic hydroxyl groups is 1. The Morgan fingerprint density at radius 1 is 1.10 bits per heavy atom. The molecule has 1 aliphatic heterocycles. The number of nitrogens with one attached hydrogen (secondary N) is 1. The van der Waals surface area contributed by atoms with Gasteiger partial charge in [-0.05, 0) is 24.3 Å². The zero-order valence-corrected chi connectivity index (χ0v) is 10.5. The minimum absolute atomic E-state index is 0.0190. The number of hydrogen-bond donors (Lipinski definition) is 2. The highest BCUT2D eigenvalue weighted by Crippen LogP contribution is 2.31. The number of allylic oxidation sites excluding steroid dienone is 1. The molecule has 0 spiro atoms. The minimum Gasteiger partial charge on any atom is -0.508 e. The summed E-state index contributed by atoms with van der Waals surface area (Å²) < 4.78 is 0. The molecule has 98 valence electrons. The highest BCUT2D eigenvalue weighted by molar-refractivity contribution is 6.35. The molecule has 0 saturated heterocycles. The van der Waals surface area contributed by atoms with Gasteiger partial charge < -0.3 is 10.4 Å². The van der Waals surface area contributed by atoms with Crippen LogP contribution in [0.25, 0.3) is 5.57 Å². The van der Waals surface area contributed by atoms with Gasteiger partial charge in [0.2, 0.25) is 0 Å². The summed E-state index contributed by atoms with van der Waals surface area (Å²) in [5, 5.41) is 12.1. The van der Waals surface area contributed by atoms with Crippen molar-refractivity contribution in [3.63, 3.8) is 0 Å². The summed E-state index contributed by atoms with van der Waals surface area (Å²) in [6.07, 6.45) is 1.30. The monoisotopic (exact) mass is 265 g/mol. The van der Waals surface area contributed by atoms with Gasteiger partial charge >= 0.3 is 0 Å². The number of anilines is 1. The first-order chi connectivity index (χ1) is 9.65. The lowest BCUT2D eigenvalue weighted by atomic mass is 10.0. The molecule has 4 heteroatoms. The van der Waals surface area contributed by atoms with Gasteiger partial charge in [0, 0.05) is 16.8 Å². The fraction of sp³-hybridized carbons (Fsp3) is 0. The van der Waals surface area contributed by atoms with Crippen molar-refractivity contribution in [2.24, 2.45) is 0 Å². The number of carbonyl (C=O) groups is 2. The lowest BCUT2D eigenvalue weighted by Crippen LogP contribution is -2.05. The van der Waals surface area contributed by atoms with Crippen molar-refractivity contribution >= 4 is 23.0 Å². The van der Waals surface area contributed by atoms with Crippen molar-refractivity contribution in [2.75, 3.05) is 5.32 Å². The summed E-state index contributed by atoms with van der Waals surface area (Å²) in [4.78, 5) is 24.0. The van der Waals surface area contributed by atoms with Crippen LogP contribution in [0.5, 0.6) is 5.75 Å². The third-order valence-electron chi connectivity index (χ3n) is 3.12. The lowest BCUT2D eigenvalue weighted by Gasteiger charge is -1.99. The zero-order valence-electron chi connectivity index (χ0n) is 10.5. The third-order valence-corrected chi connectivity index (χ3v) is 3.12. The maximum atomic E-state index is 12.1. The number of amides is 1. The van der Waals surface area contributed by atoms with Crippen LogP contribution in [-0.2, 0) is 4.79 Å². The van der Waals surface area contributed by atoms with E-state index in [0.717, 1.165) is 0 Å². The van der Waals surface area contributed by atoms with E-state index >= 15 is 0 Å². The largest absolute Gasteiger partial charge is 0.508 e. The van der Waals surface area contributed by atoms with Gasteiger partial charge in [0.1, 0.15) is 5.75 Å². The van der Waals surface area contributed by atoms with Crippen LogP contribution < -0.4 is 5.32 Å². The number of fused-ring (bicyclic) bond motifs is 1. The third kappa shape index (κ3) is 2.07. The maximum absolute atomic E-state index is 12.1. The molecule has 1 amide bonds. The van der Waals surface area contributed by atoms with Crippen molar-refractivity contribution in [2.45, 2.75) is 0 Å². The summed E-state index contributed by atoms with van der Waals surface area (Å²) in [5.74, 6) is -0.590. The van der Waals surface area contributed by atoms with E-state index < -0.39 is 0 Å². The van der Waals surface area contributed by atoms with E-state index in [1.165, 1.54) is 18.2 Å². The number of rotatable bonds is 2.